The predicted octanol–water partition coefficient (Wildman–Crippen LogP) is 9.81. The summed E-state index contributed by atoms with van der Waals surface area (Å²) in [5.41, 5.74) is 4.51. The molecule has 1 aromatic rings. The van der Waals surface area contributed by atoms with Crippen LogP contribution in [0.3, 0.4) is 0 Å². The van der Waals surface area contributed by atoms with Crippen LogP contribution in [-0.2, 0) is 0 Å². The molecule has 0 aromatic heterocycles. The number of hydrogen-bond acceptors (Lipinski definition) is 0. The highest BCUT2D eigenvalue weighted by Crippen LogP contribution is 2.68. The third-order valence-corrected chi connectivity index (χ3v) is 11.6. The number of rotatable bonds is 6. The standard InChI is InChI=1S/C33H50/c1-23(2)10-9-11-24(3)29-16-17-30-28-15-14-27-22-26(25-12-7-6-8-13-25)18-20-32(27,4)31(28)19-21-33(29,30)5/h6-8,12-14,23-24,26,28-31H,9-11,15-22H2,1-5H3/t24-,26?,28+,29-,30+,31+,32+,33-/m1/s1. The van der Waals surface area contributed by atoms with E-state index < -0.39 is 0 Å². The van der Waals surface area contributed by atoms with E-state index in [4.69, 9.17) is 0 Å². The Morgan fingerprint density at radius 2 is 1.67 bits per heavy atom. The van der Waals surface area contributed by atoms with Crippen LogP contribution in [0.25, 0.3) is 0 Å². The maximum absolute atomic E-state index is 2.77. The van der Waals surface area contributed by atoms with Crippen LogP contribution in [-0.4, -0.2) is 0 Å². The Kier molecular flexibility index (Phi) is 6.60. The van der Waals surface area contributed by atoms with Crippen molar-refractivity contribution in [3.8, 4) is 0 Å². The van der Waals surface area contributed by atoms with E-state index in [0.29, 0.717) is 10.8 Å². The summed E-state index contributed by atoms with van der Waals surface area (Å²) in [4.78, 5) is 0. The summed E-state index contributed by atoms with van der Waals surface area (Å²) in [6.07, 6.45) is 18.6. The van der Waals surface area contributed by atoms with Crippen molar-refractivity contribution in [3.05, 3.63) is 47.5 Å². The maximum Gasteiger partial charge on any atom is -0.00848 e. The van der Waals surface area contributed by atoms with Gasteiger partial charge in [-0.25, -0.2) is 0 Å². The van der Waals surface area contributed by atoms with Crippen molar-refractivity contribution in [2.75, 3.05) is 0 Å². The van der Waals surface area contributed by atoms with Gasteiger partial charge in [0.15, 0.2) is 0 Å². The van der Waals surface area contributed by atoms with Gasteiger partial charge in [0.2, 0.25) is 0 Å². The summed E-state index contributed by atoms with van der Waals surface area (Å²) in [6.45, 7) is 12.8. The van der Waals surface area contributed by atoms with E-state index in [1.807, 2.05) is 5.57 Å². The van der Waals surface area contributed by atoms with Gasteiger partial charge in [-0.2, -0.15) is 0 Å². The molecule has 0 saturated heterocycles. The van der Waals surface area contributed by atoms with Gasteiger partial charge in [0.05, 0.1) is 0 Å². The van der Waals surface area contributed by atoms with Gasteiger partial charge in [-0.05, 0) is 109 Å². The molecule has 0 heteroatoms. The molecular weight excluding hydrogens is 396 g/mol. The fraction of sp³-hybridized carbons (Fsp3) is 0.758. The summed E-state index contributed by atoms with van der Waals surface area (Å²) >= 11 is 0. The molecule has 0 radical (unpaired) electrons. The Morgan fingerprint density at radius 1 is 0.879 bits per heavy atom. The van der Waals surface area contributed by atoms with E-state index in [2.05, 4.69) is 71.0 Å². The molecule has 1 aromatic carbocycles. The summed E-state index contributed by atoms with van der Waals surface area (Å²) in [5, 5.41) is 0. The molecule has 33 heavy (non-hydrogen) atoms. The number of fused-ring (bicyclic) bond motifs is 5. The molecule has 0 amide bonds. The Morgan fingerprint density at radius 3 is 2.42 bits per heavy atom. The number of hydrogen-bond donors (Lipinski definition) is 0. The van der Waals surface area contributed by atoms with Crippen molar-refractivity contribution in [2.45, 2.75) is 111 Å². The normalized spacial score (nSPS) is 41.2. The van der Waals surface area contributed by atoms with E-state index >= 15 is 0 Å². The number of benzene rings is 1. The molecule has 0 heterocycles. The second kappa shape index (κ2) is 9.20. The zero-order valence-corrected chi connectivity index (χ0v) is 22.3. The van der Waals surface area contributed by atoms with E-state index in [1.54, 1.807) is 5.56 Å². The average Bonchev–Trinajstić information content (AvgIpc) is 3.16. The highest BCUT2D eigenvalue weighted by atomic mass is 14.6. The van der Waals surface area contributed by atoms with Crippen molar-refractivity contribution in [3.63, 3.8) is 0 Å². The van der Waals surface area contributed by atoms with Crippen molar-refractivity contribution >= 4 is 0 Å². The van der Waals surface area contributed by atoms with E-state index in [1.165, 1.54) is 70.6 Å². The minimum atomic E-state index is 0.483. The predicted molar refractivity (Wildman–Crippen MR) is 142 cm³/mol. The first-order valence-electron chi connectivity index (χ1n) is 14.6. The van der Waals surface area contributed by atoms with Gasteiger partial charge in [-0.3, -0.25) is 0 Å². The average molecular weight is 447 g/mol. The summed E-state index contributed by atoms with van der Waals surface area (Å²) in [5.74, 6) is 6.39. The molecule has 8 atom stereocenters. The van der Waals surface area contributed by atoms with Gasteiger partial charge in [0.1, 0.15) is 0 Å². The highest BCUT2D eigenvalue weighted by molar-refractivity contribution is 5.30. The van der Waals surface area contributed by atoms with Crippen molar-refractivity contribution in [1.29, 1.82) is 0 Å². The van der Waals surface area contributed by atoms with Gasteiger partial charge in [-0.15, -0.1) is 0 Å². The van der Waals surface area contributed by atoms with Crippen molar-refractivity contribution in [1.82, 2.24) is 0 Å². The van der Waals surface area contributed by atoms with E-state index in [9.17, 15) is 0 Å². The quantitative estimate of drug-likeness (QED) is 0.381. The van der Waals surface area contributed by atoms with Gasteiger partial charge in [0.25, 0.3) is 0 Å². The highest BCUT2D eigenvalue weighted by Gasteiger charge is 2.59. The molecule has 0 N–H and O–H groups in total. The molecule has 0 nitrogen and oxygen atoms in total. The zero-order chi connectivity index (χ0) is 23.2. The fourth-order valence-corrected chi connectivity index (χ4v) is 9.70. The van der Waals surface area contributed by atoms with E-state index in [0.717, 1.165) is 41.4 Å². The fourth-order valence-electron chi connectivity index (χ4n) is 9.70. The van der Waals surface area contributed by atoms with Gasteiger partial charge < -0.3 is 0 Å². The summed E-state index contributed by atoms with van der Waals surface area (Å²) in [7, 11) is 0. The van der Waals surface area contributed by atoms with Crippen molar-refractivity contribution < 1.29 is 0 Å². The van der Waals surface area contributed by atoms with E-state index in [-0.39, 0.29) is 0 Å². The molecule has 3 fully saturated rings. The van der Waals surface area contributed by atoms with Crippen LogP contribution < -0.4 is 0 Å². The lowest BCUT2D eigenvalue weighted by molar-refractivity contribution is -0.0510. The molecule has 0 aliphatic heterocycles. The van der Waals surface area contributed by atoms with Crippen LogP contribution in [0.2, 0.25) is 0 Å². The molecule has 0 bridgehead atoms. The van der Waals surface area contributed by atoms with Crippen molar-refractivity contribution in [2.24, 2.45) is 46.3 Å². The molecule has 1 unspecified atom stereocenters. The first-order valence-corrected chi connectivity index (χ1v) is 14.6. The first-order chi connectivity index (χ1) is 15.8. The lowest BCUT2D eigenvalue weighted by atomic mass is 9.46. The molecule has 4 aliphatic carbocycles. The van der Waals surface area contributed by atoms with Crippen LogP contribution in [0.1, 0.15) is 117 Å². The molecule has 4 aliphatic rings. The monoisotopic (exact) mass is 446 g/mol. The van der Waals surface area contributed by atoms with Gasteiger partial charge in [-0.1, -0.05) is 95.9 Å². The third-order valence-electron chi connectivity index (χ3n) is 11.6. The van der Waals surface area contributed by atoms with Gasteiger partial charge >= 0.3 is 0 Å². The Labute approximate surface area is 205 Å². The molecule has 0 spiro atoms. The van der Waals surface area contributed by atoms with Crippen LogP contribution in [0, 0.1) is 46.3 Å². The second-order valence-electron chi connectivity index (χ2n) is 13.6. The molecular formula is C33H50. The largest absolute Gasteiger partial charge is 0.0845 e. The topological polar surface area (TPSA) is 0 Å². The third kappa shape index (κ3) is 4.16. The van der Waals surface area contributed by atoms with Crippen LogP contribution in [0.5, 0.6) is 0 Å². The Bertz CT molecular complexity index is 833. The Balaban J connectivity index is 1.31. The minimum absolute atomic E-state index is 0.483. The molecule has 5 rings (SSSR count). The van der Waals surface area contributed by atoms with Crippen LogP contribution in [0.4, 0.5) is 0 Å². The SMILES string of the molecule is CC(C)CCC[C@@H](C)[C@H]1CC[C@H]2[C@@H]3CC=C4CC(c5ccccc5)CC[C@]4(C)[C@H]3CC[C@]12C. The molecule has 3 saturated carbocycles. The maximum atomic E-state index is 2.77. The summed E-state index contributed by atoms with van der Waals surface area (Å²) in [6, 6.07) is 11.4. The number of allylic oxidation sites excluding steroid dienone is 2. The molecule has 182 valence electrons. The Hall–Kier alpha value is -1.04. The lowest BCUT2D eigenvalue weighted by Crippen LogP contribution is -2.50. The zero-order valence-electron chi connectivity index (χ0n) is 22.3. The smallest absolute Gasteiger partial charge is 0.00848 e. The first kappa shape index (κ1) is 23.7. The summed E-state index contributed by atoms with van der Waals surface area (Å²) < 4.78 is 0. The van der Waals surface area contributed by atoms with Crippen LogP contribution in [0.15, 0.2) is 42.0 Å². The second-order valence-corrected chi connectivity index (χ2v) is 13.6. The van der Waals surface area contributed by atoms with Gasteiger partial charge in [0, 0.05) is 0 Å². The van der Waals surface area contributed by atoms with Crippen LogP contribution >= 0.6 is 0 Å². The minimum Gasteiger partial charge on any atom is -0.0845 e. The lowest BCUT2D eigenvalue weighted by Gasteiger charge is -2.58.